The van der Waals surface area contributed by atoms with Gasteiger partial charge in [-0.15, -0.1) is 0 Å². The largest absolute Gasteiger partial charge is 0.458 e. The van der Waals surface area contributed by atoms with Crippen molar-refractivity contribution in [3.05, 3.63) is 36.5 Å². The van der Waals surface area contributed by atoms with E-state index in [0.717, 1.165) is 11.1 Å². The lowest BCUT2D eigenvalue weighted by molar-refractivity contribution is -0.141. The Morgan fingerprint density at radius 2 is 2.00 bits per heavy atom. The molecule has 4 nitrogen and oxygen atoms in total. The first kappa shape index (κ1) is 16.5. The fourth-order valence-electron chi connectivity index (χ4n) is 4.23. The molecule has 0 bridgehead atoms. The Bertz CT molecular complexity index is 562. The zero-order valence-electron chi connectivity index (χ0n) is 14.0. The van der Waals surface area contributed by atoms with Gasteiger partial charge in [0.15, 0.2) is 0 Å². The van der Waals surface area contributed by atoms with Crippen molar-refractivity contribution in [2.24, 2.45) is 23.7 Å². The van der Waals surface area contributed by atoms with Crippen LogP contribution < -0.4 is 0 Å². The van der Waals surface area contributed by atoms with E-state index in [1.165, 1.54) is 0 Å². The van der Waals surface area contributed by atoms with Gasteiger partial charge in [0, 0.05) is 18.1 Å². The van der Waals surface area contributed by atoms with E-state index in [0.29, 0.717) is 30.9 Å². The molecule has 6 unspecified atom stereocenters. The van der Waals surface area contributed by atoms with Crippen molar-refractivity contribution in [2.75, 3.05) is 6.61 Å². The molecular formula is C19H26O4. The fraction of sp³-hybridized carbons (Fsp3) is 0.632. The van der Waals surface area contributed by atoms with Crippen LogP contribution in [0.1, 0.15) is 26.7 Å². The third kappa shape index (κ3) is 2.68. The number of carbonyl (C=O) groups is 1. The van der Waals surface area contributed by atoms with Gasteiger partial charge in [0.05, 0.1) is 18.1 Å². The van der Waals surface area contributed by atoms with E-state index in [2.05, 4.69) is 33.6 Å². The molecule has 3 rings (SSSR count). The number of rotatable bonds is 3. The number of ether oxygens (including phenoxy) is 2. The van der Waals surface area contributed by atoms with Crippen LogP contribution in [0.15, 0.2) is 36.5 Å². The molecule has 3 aliphatic rings. The van der Waals surface area contributed by atoms with Crippen LogP contribution >= 0.6 is 0 Å². The Kier molecular flexibility index (Phi) is 4.23. The van der Waals surface area contributed by atoms with Crippen LogP contribution in [0.2, 0.25) is 0 Å². The summed E-state index contributed by atoms with van der Waals surface area (Å²) in [6.07, 6.45) is 0.227. The first-order valence-electron chi connectivity index (χ1n) is 8.37. The number of carbonyl (C=O) groups excluding carboxylic acids is 1. The predicted octanol–water partition coefficient (Wildman–Crippen LogP) is 2.64. The van der Waals surface area contributed by atoms with Gasteiger partial charge in [-0.05, 0) is 30.3 Å². The number of hydrogen-bond acceptors (Lipinski definition) is 4. The van der Waals surface area contributed by atoms with Crippen LogP contribution in [0.5, 0.6) is 0 Å². The summed E-state index contributed by atoms with van der Waals surface area (Å²) in [5.41, 5.74) is 2.28. The van der Waals surface area contributed by atoms with E-state index in [9.17, 15) is 9.90 Å². The highest BCUT2D eigenvalue weighted by Crippen LogP contribution is 2.52. The minimum atomic E-state index is -0.553. The standard InChI is InChI=1S/C19H26O4/c1-9(2)8-22-15-6-10(3)13-7-14(20)11(4)16(13)18-17(15)12(5)19(21)23-18/h9,13-18,20H,3-8H2,1-2H3. The highest BCUT2D eigenvalue weighted by atomic mass is 16.6. The normalized spacial score (nSPS) is 40.2. The summed E-state index contributed by atoms with van der Waals surface area (Å²) in [6, 6.07) is 0. The number of esters is 1. The van der Waals surface area contributed by atoms with Gasteiger partial charge in [-0.3, -0.25) is 0 Å². The van der Waals surface area contributed by atoms with Crippen molar-refractivity contribution in [1.29, 1.82) is 0 Å². The zero-order valence-corrected chi connectivity index (χ0v) is 14.0. The zero-order chi connectivity index (χ0) is 16.9. The molecule has 2 aliphatic carbocycles. The minimum Gasteiger partial charge on any atom is -0.458 e. The van der Waals surface area contributed by atoms with E-state index in [-0.39, 0.29) is 35.9 Å². The average molecular weight is 318 g/mol. The predicted molar refractivity (Wildman–Crippen MR) is 87.6 cm³/mol. The Hall–Kier alpha value is -1.39. The molecule has 0 spiro atoms. The lowest BCUT2D eigenvalue weighted by Crippen LogP contribution is -2.35. The van der Waals surface area contributed by atoms with Crippen molar-refractivity contribution in [1.82, 2.24) is 0 Å². The van der Waals surface area contributed by atoms with Crippen molar-refractivity contribution < 1.29 is 19.4 Å². The maximum atomic E-state index is 12.1. The monoisotopic (exact) mass is 318 g/mol. The van der Waals surface area contributed by atoms with Crippen LogP contribution in [-0.2, 0) is 14.3 Å². The topological polar surface area (TPSA) is 55.8 Å². The molecule has 23 heavy (non-hydrogen) atoms. The van der Waals surface area contributed by atoms with Gasteiger partial charge in [0.25, 0.3) is 0 Å². The Morgan fingerprint density at radius 3 is 2.65 bits per heavy atom. The second-order valence-corrected chi connectivity index (χ2v) is 7.51. The SMILES string of the molecule is C=C1CC(OCC(C)C)C2C(=C)C(=O)OC2C2C(=C)C(O)CC12. The summed E-state index contributed by atoms with van der Waals surface area (Å²) in [5.74, 6) is -0.115. The van der Waals surface area contributed by atoms with E-state index in [4.69, 9.17) is 9.47 Å². The molecule has 1 N–H and O–H groups in total. The molecule has 1 aliphatic heterocycles. The molecule has 1 heterocycles. The quantitative estimate of drug-likeness (QED) is 0.494. The second-order valence-electron chi connectivity index (χ2n) is 7.51. The summed E-state index contributed by atoms with van der Waals surface area (Å²) < 4.78 is 11.8. The van der Waals surface area contributed by atoms with Crippen molar-refractivity contribution >= 4 is 5.97 Å². The van der Waals surface area contributed by atoms with Crippen molar-refractivity contribution in [2.45, 2.75) is 45.0 Å². The molecular weight excluding hydrogens is 292 g/mol. The molecule has 0 aromatic rings. The minimum absolute atomic E-state index is 0.0849. The van der Waals surface area contributed by atoms with E-state index in [1.807, 2.05) is 0 Å². The lowest BCUT2D eigenvalue weighted by Gasteiger charge is -2.28. The highest BCUT2D eigenvalue weighted by Gasteiger charge is 2.56. The number of fused-ring (bicyclic) bond motifs is 3. The van der Waals surface area contributed by atoms with Gasteiger partial charge in [0.2, 0.25) is 0 Å². The molecule has 0 aromatic heterocycles. The highest BCUT2D eigenvalue weighted by molar-refractivity contribution is 5.91. The van der Waals surface area contributed by atoms with Gasteiger partial charge in [-0.1, -0.05) is 39.2 Å². The fourth-order valence-corrected chi connectivity index (χ4v) is 4.23. The Morgan fingerprint density at radius 1 is 1.30 bits per heavy atom. The number of hydrogen-bond donors (Lipinski definition) is 1. The lowest BCUT2D eigenvalue weighted by atomic mass is 9.81. The van der Waals surface area contributed by atoms with Crippen molar-refractivity contribution in [3.8, 4) is 0 Å². The number of aliphatic hydroxyl groups is 1. The van der Waals surface area contributed by atoms with Crippen LogP contribution in [0.3, 0.4) is 0 Å². The molecule has 1 saturated heterocycles. The Balaban J connectivity index is 1.95. The maximum Gasteiger partial charge on any atom is 0.334 e. The summed E-state index contributed by atoms with van der Waals surface area (Å²) in [7, 11) is 0. The van der Waals surface area contributed by atoms with E-state index in [1.54, 1.807) is 0 Å². The molecule has 0 radical (unpaired) electrons. The van der Waals surface area contributed by atoms with Crippen LogP contribution in [-0.4, -0.2) is 36.0 Å². The van der Waals surface area contributed by atoms with Gasteiger partial charge >= 0.3 is 5.97 Å². The third-order valence-corrected chi connectivity index (χ3v) is 5.41. The van der Waals surface area contributed by atoms with Gasteiger partial charge < -0.3 is 14.6 Å². The summed E-state index contributed by atoms with van der Waals surface area (Å²) >= 11 is 0. The maximum absolute atomic E-state index is 12.1. The van der Waals surface area contributed by atoms with Crippen LogP contribution in [0.25, 0.3) is 0 Å². The smallest absolute Gasteiger partial charge is 0.334 e. The molecule has 126 valence electrons. The third-order valence-electron chi connectivity index (χ3n) is 5.41. The van der Waals surface area contributed by atoms with Crippen LogP contribution in [0, 0.1) is 23.7 Å². The first-order chi connectivity index (χ1) is 10.8. The summed E-state index contributed by atoms with van der Waals surface area (Å²) in [4.78, 5) is 12.1. The molecule has 3 fully saturated rings. The van der Waals surface area contributed by atoms with Gasteiger partial charge in [0.1, 0.15) is 6.10 Å². The Labute approximate surface area is 137 Å². The van der Waals surface area contributed by atoms with Gasteiger partial charge in [-0.25, -0.2) is 4.79 Å². The van der Waals surface area contributed by atoms with Gasteiger partial charge in [-0.2, -0.15) is 0 Å². The van der Waals surface area contributed by atoms with E-state index < -0.39 is 6.10 Å². The molecule has 0 amide bonds. The molecule has 6 atom stereocenters. The summed E-state index contributed by atoms with van der Waals surface area (Å²) in [6.45, 7) is 17.1. The van der Waals surface area contributed by atoms with Crippen molar-refractivity contribution in [3.63, 3.8) is 0 Å². The molecule has 0 aromatic carbocycles. The number of aliphatic hydroxyl groups excluding tert-OH is 1. The second kappa shape index (κ2) is 5.91. The average Bonchev–Trinajstić information content (AvgIpc) is 2.89. The first-order valence-corrected chi connectivity index (χ1v) is 8.37. The molecule has 4 heteroatoms. The van der Waals surface area contributed by atoms with E-state index >= 15 is 0 Å². The summed E-state index contributed by atoms with van der Waals surface area (Å²) in [5, 5.41) is 10.2. The molecule has 2 saturated carbocycles. The van der Waals surface area contributed by atoms with Crippen LogP contribution in [0.4, 0.5) is 0 Å².